The number of nitrogen functional groups attached to an aromatic ring is 1. The summed E-state index contributed by atoms with van der Waals surface area (Å²) in [6, 6.07) is 17.0. The number of nitrogens with two attached hydrogens (primary N) is 2. The Bertz CT molecular complexity index is 2550. The van der Waals surface area contributed by atoms with E-state index in [1.807, 2.05) is 18.2 Å². The summed E-state index contributed by atoms with van der Waals surface area (Å²) in [5, 5.41) is 1.30. The molecule has 52 heavy (non-hydrogen) atoms. The third kappa shape index (κ3) is 5.11. The molecule has 0 unspecified atom stereocenters. The van der Waals surface area contributed by atoms with Gasteiger partial charge in [-0.05, 0) is 84.1 Å². The van der Waals surface area contributed by atoms with Crippen molar-refractivity contribution in [2.24, 2.45) is 5.73 Å². The number of amides is 2. The van der Waals surface area contributed by atoms with Crippen LogP contribution in [-0.4, -0.2) is 40.8 Å². The zero-order valence-electron chi connectivity index (χ0n) is 26.8. The number of rotatable bonds is 5. The molecule has 8 rings (SSSR count). The van der Waals surface area contributed by atoms with E-state index in [0.717, 1.165) is 16.5 Å². The van der Waals surface area contributed by atoms with Gasteiger partial charge in [-0.1, -0.05) is 12.1 Å². The van der Waals surface area contributed by atoms with Crippen LogP contribution in [0, 0.1) is 29.1 Å². The van der Waals surface area contributed by atoms with Crippen molar-refractivity contribution >= 4 is 62.7 Å². The third-order valence-electron chi connectivity index (χ3n) is 9.34. The number of nitrogens with one attached hydrogen (secondary N) is 2. The zero-order chi connectivity index (χ0) is 36.6. The van der Waals surface area contributed by atoms with Gasteiger partial charge in [0, 0.05) is 52.0 Å². The highest BCUT2D eigenvalue weighted by molar-refractivity contribution is 6.12. The van der Waals surface area contributed by atoms with E-state index in [1.54, 1.807) is 47.4 Å². The minimum atomic E-state index is -2.38. The molecular weight excluding hydrogens is 687 g/mol. The lowest BCUT2D eigenvalue weighted by Gasteiger charge is -2.18. The first kappa shape index (κ1) is 32.6. The molecule has 6 N–H and O–H groups in total. The number of fused-ring (bicyclic) bond motifs is 5. The Morgan fingerprint density at radius 1 is 0.731 bits per heavy atom. The van der Waals surface area contributed by atoms with Crippen molar-refractivity contribution in [1.82, 2.24) is 9.97 Å². The highest BCUT2D eigenvalue weighted by atomic mass is 19.2. The van der Waals surface area contributed by atoms with Crippen molar-refractivity contribution in [2.45, 2.75) is 12.8 Å². The summed E-state index contributed by atoms with van der Waals surface area (Å²) in [5.74, 6) is -15.3. The molecule has 0 saturated carbocycles. The number of halogens is 5. The van der Waals surface area contributed by atoms with E-state index in [1.165, 1.54) is 11.0 Å². The Morgan fingerprint density at radius 2 is 1.38 bits per heavy atom. The normalized spacial score (nSPS) is 14.0. The summed E-state index contributed by atoms with van der Waals surface area (Å²) in [6.45, 7) is 0.663. The number of esters is 1. The Morgan fingerprint density at radius 3 is 2.15 bits per heavy atom. The summed E-state index contributed by atoms with van der Waals surface area (Å²) >= 11 is 0. The van der Waals surface area contributed by atoms with Crippen LogP contribution in [-0.2, 0) is 17.6 Å². The summed E-state index contributed by atoms with van der Waals surface area (Å²) in [6.07, 6.45) is 2.46. The predicted octanol–water partition coefficient (Wildman–Crippen LogP) is 6.24. The molecular formula is C37H25F5N6O4. The van der Waals surface area contributed by atoms with Crippen molar-refractivity contribution < 1.29 is 41.1 Å². The first-order chi connectivity index (χ1) is 24.9. The van der Waals surface area contributed by atoms with Crippen LogP contribution >= 0.6 is 0 Å². The van der Waals surface area contributed by atoms with Crippen molar-refractivity contribution in [3.8, 4) is 5.75 Å². The van der Waals surface area contributed by atoms with E-state index >= 15 is 0 Å². The number of H-pyrrole nitrogens is 2. The number of carbonyl (C=O) groups excluding carboxylic acids is 3. The number of anilines is 3. The number of carbonyl (C=O) groups is 3. The van der Waals surface area contributed by atoms with Gasteiger partial charge in [0.05, 0.1) is 5.70 Å². The number of aromatic amines is 2. The Hall–Kier alpha value is -6.64. The Labute approximate surface area is 290 Å². The number of hydrogen-bond acceptors (Lipinski definition) is 6. The van der Waals surface area contributed by atoms with Crippen LogP contribution in [0.5, 0.6) is 5.75 Å². The number of benzene rings is 4. The van der Waals surface area contributed by atoms with Gasteiger partial charge in [-0.15, -0.1) is 0 Å². The van der Waals surface area contributed by atoms with Gasteiger partial charge in [0.15, 0.2) is 0 Å². The topological polar surface area (TPSA) is 151 Å². The first-order valence-corrected chi connectivity index (χ1v) is 15.9. The fourth-order valence-electron chi connectivity index (χ4n) is 6.86. The van der Waals surface area contributed by atoms with Gasteiger partial charge in [0.25, 0.3) is 11.8 Å². The van der Waals surface area contributed by atoms with Crippen LogP contribution in [0.1, 0.15) is 37.7 Å². The van der Waals surface area contributed by atoms with Gasteiger partial charge in [0.1, 0.15) is 11.4 Å². The van der Waals surface area contributed by atoms with Gasteiger partial charge in [-0.2, -0.15) is 8.78 Å². The quantitative estimate of drug-likeness (QED) is 0.0316. The van der Waals surface area contributed by atoms with E-state index < -0.39 is 46.7 Å². The molecule has 4 heterocycles. The molecule has 0 atom stereocenters. The van der Waals surface area contributed by atoms with Crippen molar-refractivity contribution in [3.05, 3.63) is 124 Å². The van der Waals surface area contributed by atoms with Crippen LogP contribution in [0.15, 0.2) is 66.4 Å². The number of ether oxygens (including phenoxy) is 1. The smallest absolute Gasteiger partial charge is 0.360 e. The SMILES string of the molecule is N/C(=C\c1cccc2c1CCN2C(=O)c1cc2cc(N)ccc2[nH]1)C(=O)N1CCc2c1ccc1[nH]c(C(=O)Oc3c(F)c(F)c(F)c(F)c3F)cc21. The fourth-order valence-corrected chi connectivity index (χ4v) is 6.86. The molecule has 0 bridgehead atoms. The van der Waals surface area contributed by atoms with Crippen LogP contribution in [0.25, 0.3) is 27.9 Å². The Balaban J connectivity index is 1.03. The second-order valence-corrected chi connectivity index (χ2v) is 12.4. The van der Waals surface area contributed by atoms with Crippen molar-refractivity contribution in [2.75, 3.05) is 28.6 Å². The molecule has 0 saturated heterocycles. The molecule has 0 fully saturated rings. The Kier molecular flexibility index (Phi) is 7.51. The highest BCUT2D eigenvalue weighted by Gasteiger charge is 2.32. The lowest BCUT2D eigenvalue weighted by Crippen LogP contribution is -2.33. The van der Waals surface area contributed by atoms with E-state index in [4.69, 9.17) is 11.5 Å². The molecule has 2 aliphatic rings. The molecule has 2 amide bonds. The average molecular weight is 713 g/mol. The summed E-state index contributed by atoms with van der Waals surface area (Å²) < 4.78 is 73.5. The molecule has 2 aromatic heterocycles. The zero-order valence-corrected chi connectivity index (χ0v) is 26.8. The summed E-state index contributed by atoms with van der Waals surface area (Å²) in [4.78, 5) is 49.0. The van der Waals surface area contributed by atoms with Gasteiger partial charge in [0.2, 0.25) is 34.8 Å². The van der Waals surface area contributed by atoms with Crippen LogP contribution in [0.3, 0.4) is 0 Å². The summed E-state index contributed by atoms with van der Waals surface area (Å²) in [7, 11) is 0. The predicted molar refractivity (Wildman–Crippen MR) is 182 cm³/mol. The lowest BCUT2D eigenvalue weighted by molar-refractivity contribution is -0.115. The number of aromatic nitrogens is 2. The van der Waals surface area contributed by atoms with Crippen molar-refractivity contribution in [1.29, 1.82) is 0 Å². The van der Waals surface area contributed by atoms with Gasteiger partial charge in [-0.3, -0.25) is 9.59 Å². The van der Waals surface area contributed by atoms with Crippen LogP contribution in [0.2, 0.25) is 0 Å². The van der Waals surface area contributed by atoms with Gasteiger partial charge < -0.3 is 36.0 Å². The van der Waals surface area contributed by atoms with E-state index in [-0.39, 0.29) is 23.8 Å². The molecule has 0 aliphatic carbocycles. The van der Waals surface area contributed by atoms with Gasteiger partial charge in [-0.25, -0.2) is 18.0 Å². The second-order valence-electron chi connectivity index (χ2n) is 12.4. The standard InChI is InChI=1S/C37H25F5N6O4/c38-29-30(39)32(41)34(33(42)31(29)40)52-37(51)26-15-21-20-9-11-47(28(20)7-6-24(21)46-26)35(49)22(44)13-16-2-1-3-27-19(16)8-10-48(27)36(50)25-14-17-12-18(43)4-5-23(17)45-25/h1-7,12-15,45-46H,8-11,43-44H2/b22-13-. The second kappa shape index (κ2) is 12.0. The monoisotopic (exact) mass is 712 g/mol. The molecule has 2 aliphatic heterocycles. The van der Waals surface area contributed by atoms with Crippen LogP contribution in [0.4, 0.5) is 39.0 Å². The fraction of sp³-hybridized carbons (Fsp3) is 0.108. The molecule has 15 heteroatoms. The van der Waals surface area contributed by atoms with Crippen molar-refractivity contribution in [3.63, 3.8) is 0 Å². The molecule has 10 nitrogen and oxygen atoms in total. The number of hydrogen-bond donors (Lipinski definition) is 4. The third-order valence-corrected chi connectivity index (χ3v) is 9.34. The molecule has 0 radical (unpaired) electrons. The maximum Gasteiger partial charge on any atom is 0.360 e. The minimum Gasteiger partial charge on any atom is -0.415 e. The molecule has 6 aromatic rings. The molecule has 4 aromatic carbocycles. The average Bonchev–Trinajstić information content (AvgIpc) is 3.95. The number of nitrogens with zero attached hydrogens (tertiary/aromatic N) is 2. The van der Waals surface area contributed by atoms with E-state index in [2.05, 4.69) is 14.7 Å². The largest absolute Gasteiger partial charge is 0.415 e. The molecule has 262 valence electrons. The highest BCUT2D eigenvalue weighted by Crippen LogP contribution is 2.37. The first-order valence-electron chi connectivity index (χ1n) is 15.9. The van der Waals surface area contributed by atoms with E-state index in [0.29, 0.717) is 64.2 Å². The molecule has 0 spiro atoms. The lowest BCUT2D eigenvalue weighted by atomic mass is 10.0. The maximum atomic E-state index is 14.1. The maximum absolute atomic E-state index is 14.1. The van der Waals surface area contributed by atoms with E-state index in [9.17, 15) is 36.3 Å². The van der Waals surface area contributed by atoms with Gasteiger partial charge >= 0.3 is 5.97 Å². The summed E-state index contributed by atoms with van der Waals surface area (Å²) in [5.41, 5.74) is 17.5. The van der Waals surface area contributed by atoms with Crippen LogP contribution < -0.4 is 26.0 Å². The minimum absolute atomic E-state index is 0.0551.